The van der Waals surface area contributed by atoms with Crippen LogP contribution in [0.4, 0.5) is 0 Å². The highest BCUT2D eigenvalue weighted by molar-refractivity contribution is 5.78. The van der Waals surface area contributed by atoms with Crippen LogP contribution in [0.25, 0.3) is 0 Å². The van der Waals surface area contributed by atoms with Crippen molar-refractivity contribution in [3.05, 3.63) is 35.4 Å². The van der Waals surface area contributed by atoms with Crippen molar-refractivity contribution < 1.29 is 4.79 Å². The topological polar surface area (TPSA) is 70.1 Å². The third-order valence-electron chi connectivity index (χ3n) is 3.52. The lowest BCUT2D eigenvalue weighted by molar-refractivity contribution is -0.135. The molecule has 0 aliphatic heterocycles. The predicted molar refractivity (Wildman–Crippen MR) is 84.3 cm³/mol. The number of benzene rings is 1. The standard InChI is InChI=1S/C17H25N3O/c1-3-11-20(17(21)14(2)5-4-10-18)13-16-8-6-15(12-19)7-9-16/h6-9,14H,3-5,10-11,13,18H2,1-2H3. The van der Waals surface area contributed by atoms with E-state index in [1.54, 1.807) is 12.1 Å². The normalized spacial score (nSPS) is 11.7. The molecule has 0 aliphatic rings. The number of nitrogens with zero attached hydrogens (tertiary/aromatic N) is 2. The van der Waals surface area contributed by atoms with Crippen LogP contribution in [0.1, 0.15) is 44.2 Å². The monoisotopic (exact) mass is 287 g/mol. The summed E-state index contributed by atoms with van der Waals surface area (Å²) in [6.07, 6.45) is 2.65. The predicted octanol–water partition coefficient (Wildman–Crippen LogP) is 2.67. The van der Waals surface area contributed by atoms with Gasteiger partial charge in [0.25, 0.3) is 0 Å². The van der Waals surface area contributed by atoms with Crippen LogP contribution in [0.2, 0.25) is 0 Å². The lowest BCUT2D eigenvalue weighted by Crippen LogP contribution is -2.35. The molecule has 4 nitrogen and oxygen atoms in total. The highest BCUT2D eigenvalue weighted by atomic mass is 16.2. The van der Waals surface area contributed by atoms with Gasteiger partial charge >= 0.3 is 0 Å². The second-order valence-electron chi connectivity index (χ2n) is 5.40. The summed E-state index contributed by atoms with van der Waals surface area (Å²) in [5.74, 6) is 0.202. The number of nitrogens with two attached hydrogens (primary N) is 1. The minimum Gasteiger partial charge on any atom is -0.338 e. The second kappa shape index (κ2) is 9.15. The van der Waals surface area contributed by atoms with Gasteiger partial charge in [-0.15, -0.1) is 0 Å². The Morgan fingerprint density at radius 3 is 2.57 bits per heavy atom. The molecular formula is C17H25N3O. The first kappa shape index (κ1) is 17.2. The number of amides is 1. The fraction of sp³-hybridized carbons (Fsp3) is 0.529. The number of carbonyl (C=O) groups is 1. The summed E-state index contributed by atoms with van der Waals surface area (Å²) in [5, 5.41) is 8.81. The summed E-state index contributed by atoms with van der Waals surface area (Å²) in [7, 11) is 0. The van der Waals surface area contributed by atoms with Gasteiger partial charge in [0, 0.05) is 19.0 Å². The highest BCUT2D eigenvalue weighted by Crippen LogP contribution is 2.14. The Hall–Kier alpha value is -1.86. The molecule has 1 aromatic carbocycles. The first-order valence-corrected chi connectivity index (χ1v) is 7.60. The summed E-state index contributed by atoms with van der Waals surface area (Å²) in [6, 6.07) is 9.52. The molecule has 0 aromatic heterocycles. The van der Waals surface area contributed by atoms with Gasteiger partial charge in [-0.3, -0.25) is 4.79 Å². The van der Waals surface area contributed by atoms with E-state index in [1.807, 2.05) is 24.0 Å². The highest BCUT2D eigenvalue weighted by Gasteiger charge is 2.19. The molecule has 1 unspecified atom stereocenters. The van der Waals surface area contributed by atoms with E-state index in [-0.39, 0.29) is 11.8 Å². The molecule has 0 heterocycles. The van der Waals surface area contributed by atoms with Gasteiger partial charge in [-0.05, 0) is 43.5 Å². The molecule has 0 saturated heterocycles. The first-order chi connectivity index (χ1) is 10.1. The average molecular weight is 287 g/mol. The fourth-order valence-electron chi connectivity index (χ4n) is 2.30. The smallest absolute Gasteiger partial charge is 0.225 e. The molecule has 1 amide bonds. The van der Waals surface area contributed by atoms with Crippen molar-refractivity contribution in [3.63, 3.8) is 0 Å². The van der Waals surface area contributed by atoms with Crippen molar-refractivity contribution in [3.8, 4) is 6.07 Å². The van der Waals surface area contributed by atoms with Crippen LogP contribution in [0.3, 0.4) is 0 Å². The van der Waals surface area contributed by atoms with Crippen molar-refractivity contribution in [1.29, 1.82) is 5.26 Å². The molecule has 0 saturated carbocycles. The molecule has 0 aliphatic carbocycles. The van der Waals surface area contributed by atoms with E-state index in [4.69, 9.17) is 11.0 Å². The molecule has 114 valence electrons. The van der Waals surface area contributed by atoms with Gasteiger partial charge in [-0.25, -0.2) is 0 Å². The zero-order valence-corrected chi connectivity index (χ0v) is 13.0. The number of hydrogen-bond donors (Lipinski definition) is 1. The van der Waals surface area contributed by atoms with Gasteiger partial charge in [-0.2, -0.15) is 5.26 Å². The van der Waals surface area contributed by atoms with Gasteiger partial charge in [0.15, 0.2) is 0 Å². The summed E-state index contributed by atoms with van der Waals surface area (Å²) >= 11 is 0. The molecule has 1 rings (SSSR count). The Labute approximate surface area is 127 Å². The van der Waals surface area contributed by atoms with Gasteiger partial charge in [0.1, 0.15) is 0 Å². The lowest BCUT2D eigenvalue weighted by Gasteiger charge is -2.25. The summed E-state index contributed by atoms with van der Waals surface area (Å²) in [6.45, 7) is 6.03. The van der Waals surface area contributed by atoms with Crippen molar-refractivity contribution in [1.82, 2.24) is 4.90 Å². The summed E-state index contributed by atoms with van der Waals surface area (Å²) in [5.41, 5.74) is 7.21. The molecule has 2 N–H and O–H groups in total. The molecule has 1 aromatic rings. The van der Waals surface area contributed by atoms with Crippen molar-refractivity contribution in [2.45, 2.75) is 39.7 Å². The SMILES string of the molecule is CCCN(Cc1ccc(C#N)cc1)C(=O)C(C)CCCN. The van der Waals surface area contributed by atoms with Crippen molar-refractivity contribution in [2.24, 2.45) is 11.7 Å². The van der Waals surface area contributed by atoms with Crippen LogP contribution >= 0.6 is 0 Å². The van der Waals surface area contributed by atoms with Gasteiger partial charge in [-0.1, -0.05) is 26.0 Å². The Morgan fingerprint density at radius 1 is 1.38 bits per heavy atom. The summed E-state index contributed by atoms with van der Waals surface area (Å²) in [4.78, 5) is 14.4. The molecule has 1 atom stereocenters. The van der Waals surface area contributed by atoms with E-state index in [0.29, 0.717) is 18.7 Å². The Kier molecular flexibility index (Phi) is 7.49. The fourth-order valence-corrected chi connectivity index (χ4v) is 2.30. The van der Waals surface area contributed by atoms with E-state index >= 15 is 0 Å². The van der Waals surface area contributed by atoms with E-state index in [2.05, 4.69) is 13.0 Å². The second-order valence-corrected chi connectivity index (χ2v) is 5.40. The average Bonchev–Trinajstić information content (AvgIpc) is 2.52. The maximum absolute atomic E-state index is 12.5. The van der Waals surface area contributed by atoms with Crippen molar-refractivity contribution in [2.75, 3.05) is 13.1 Å². The first-order valence-electron chi connectivity index (χ1n) is 7.60. The lowest BCUT2D eigenvalue weighted by atomic mass is 10.0. The van der Waals surface area contributed by atoms with E-state index in [9.17, 15) is 4.79 Å². The van der Waals surface area contributed by atoms with Crippen LogP contribution in [0.15, 0.2) is 24.3 Å². The number of rotatable bonds is 8. The van der Waals surface area contributed by atoms with Crippen LogP contribution < -0.4 is 5.73 Å². The van der Waals surface area contributed by atoms with Crippen LogP contribution in [0, 0.1) is 17.2 Å². The zero-order chi connectivity index (χ0) is 15.7. The molecule has 0 radical (unpaired) electrons. The van der Waals surface area contributed by atoms with E-state index in [1.165, 1.54) is 0 Å². The van der Waals surface area contributed by atoms with Crippen LogP contribution in [-0.4, -0.2) is 23.9 Å². The zero-order valence-electron chi connectivity index (χ0n) is 13.0. The van der Waals surface area contributed by atoms with Crippen LogP contribution in [0.5, 0.6) is 0 Å². The quantitative estimate of drug-likeness (QED) is 0.799. The minimum atomic E-state index is 0.0125. The maximum Gasteiger partial charge on any atom is 0.225 e. The van der Waals surface area contributed by atoms with E-state index < -0.39 is 0 Å². The van der Waals surface area contributed by atoms with E-state index in [0.717, 1.165) is 31.4 Å². The number of hydrogen-bond acceptors (Lipinski definition) is 3. The maximum atomic E-state index is 12.5. The number of carbonyl (C=O) groups excluding carboxylic acids is 1. The molecule has 0 fully saturated rings. The molecule has 0 spiro atoms. The molecule has 4 heteroatoms. The molecular weight excluding hydrogens is 262 g/mol. The van der Waals surface area contributed by atoms with Gasteiger partial charge < -0.3 is 10.6 Å². The molecule has 21 heavy (non-hydrogen) atoms. The van der Waals surface area contributed by atoms with Gasteiger partial charge in [0.05, 0.1) is 11.6 Å². The Balaban J connectivity index is 2.71. The van der Waals surface area contributed by atoms with Crippen molar-refractivity contribution >= 4 is 5.91 Å². The third-order valence-corrected chi connectivity index (χ3v) is 3.52. The Bertz CT molecular complexity index is 476. The van der Waals surface area contributed by atoms with Gasteiger partial charge in [0.2, 0.25) is 5.91 Å². The minimum absolute atomic E-state index is 0.0125. The van der Waals surface area contributed by atoms with Crippen LogP contribution in [-0.2, 0) is 11.3 Å². The number of nitriles is 1. The summed E-state index contributed by atoms with van der Waals surface area (Å²) < 4.78 is 0. The molecule has 0 bridgehead atoms. The third kappa shape index (κ3) is 5.57. The largest absolute Gasteiger partial charge is 0.338 e. The Morgan fingerprint density at radius 2 is 2.05 bits per heavy atom.